The van der Waals surface area contributed by atoms with Crippen LogP contribution >= 0.6 is 12.4 Å². The van der Waals surface area contributed by atoms with Gasteiger partial charge in [-0.2, -0.15) is 0 Å². The lowest BCUT2D eigenvalue weighted by molar-refractivity contribution is 0.0192. The van der Waals surface area contributed by atoms with Gasteiger partial charge in [0.1, 0.15) is 23.2 Å². The monoisotopic (exact) mass is 625 g/mol. The highest BCUT2D eigenvalue weighted by Crippen LogP contribution is 2.33. The molecule has 3 aromatic rings. The van der Waals surface area contributed by atoms with E-state index >= 15 is 4.39 Å². The van der Waals surface area contributed by atoms with Crippen molar-refractivity contribution >= 4 is 35.8 Å². The molecule has 0 aliphatic carbocycles. The van der Waals surface area contributed by atoms with E-state index in [4.69, 9.17) is 4.74 Å². The number of nitrogens with one attached hydrogen (secondary N) is 2. The molecule has 4 N–H and O–H groups in total. The Morgan fingerprint density at radius 3 is 2.23 bits per heavy atom. The number of phenols is 2. The Morgan fingerprint density at radius 1 is 0.932 bits per heavy atom. The highest BCUT2D eigenvalue weighted by atomic mass is 35.5. The molecule has 0 radical (unpaired) electrons. The Hall–Kier alpha value is -4.15. The molecule has 3 aromatic carbocycles. The molecule has 2 saturated heterocycles. The van der Waals surface area contributed by atoms with Crippen LogP contribution in [0, 0.1) is 19.7 Å². The number of aromatic hydroxyl groups is 2. The number of carbonyl (C=O) groups is 3. The molecular formula is C33H37ClFN3O6. The van der Waals surface area contributed by atoms with Crippen molar-refractivity contribution in [1.29, 1.82) is 0 Å². The van der Waals surface area contributed by atoms with Crippen molar-refractivity contribution < 1.29 is 33.7 Å². The van der Waals surface area contributed by atoms with Gasteiger partial charge in [0, 0.05) is 30.8 Å². The summed E-state index contributed by atoms with van der Waals surface area (Å²) in [6, 6.07) is 11.2. The molecule has 0 spiro atoms. The number of rotatable bonds is 7. The van der Waals surface area contributed by atoms with Gasteiger partial charge in [-0.1, -0.05) is 12.1 Å². The standard InChI is InChI=1S/C33H36FN3O6.ClH/c1-19-16-23(17-20(2)30(19)39)32(41)36-24-18-35-13-5-6-27(24)43-33(42)22-9-7-21(8-10-22)31(40)28-26(38)12-11-25(29(28)34)37-14-3-4-15-37;/h7-12,16-17,24,27,35,38-39H,3-6,13-15,18H2,1-2H3,(H,36,41);1H/t24-,27-;/m1./s1. The first-order valence-electron chi connectivity index (χ1n) is 14.6. The van der Waals surface area contributed by atoms with E-state index in [1.165, 1.54) is 36.4 Å². The number of hydrogen-bond acceptors (Lipinski definition) is 8. The molecule has 2 aliphatic heterocycles. The van der Waals surface area contributed by atoms with Crippen molar-refractivity contribution in [3.05, 3.63) is 87.7 Å². The summed E-state index contributed by atoms with van der Waals surface area (Å²) in [6.45, 7) is 5.92. The van der Waals surface area contributed by atoms with Gasteiger partial charge in [-0.05, 0) is 93.6 Å². The molecule has 234 valence electrons. The van der Waals surface area contributed by atoms with E-state index < -0.39 is 41.0 Å². The van der Waals surface area contributed by atoms with Crippen LogP contribution in [0.2, 0.25) is 0 Å². The lowest BCUT2D eigenvalue weighted by Crippen LogP contribution is -2.49. The van der Waals surface area contributed by atoms with E-state index in [0.717, 1.165) is 19.3 Å². The maximum Gasteiger partial charge on any atom is 0.338 e. The fourth-order valence-corrected chi connectivity index (χ4v) is 5.72. The second kappa shape index (κ2) is 14.1. The van der Waals surface area contributed by atoms with Crippen LogP contribution in [-0.2, 0) is 4.74 Å². The first-order valence-corrected chi connectivity index (χ1v) is 14.6. The van der Waals surface area contributed by atoms with Gasteiger partial charge in [-0.25, -0.2) is 9.18 Å². The Labute approximate surface area is 261 Å². The second-order valence-corrected chi connectivity index (χ2v) is 11.2. The summed E-state index contributed by atoms with van der Waals surface area (Å²) in [7, 11) is 0. The van der Waals surface area contributed by atoms with Crippen molar-refractivity contribution in [3.63, 3.8) is 0 Å². The summed E-state index contributed by atoms with van der Waals surface area (Å²) < 4.78 is 21.2. The SMILES string of the molecule is Cc1cc(C(=O)N[C@@H]2CNCCC[C@H]2OC(=O)c2ccc(C(=O)c3c(O)ccc(N4CCCC4)c3F)cc2)cc(C)c1O.Cl. The number of carbonyl (C=O) groups excluding carboxylic acids is 3. The highest BCUT2D eigenvalue weighted by molar-refractivity contribution is 6.11. The summed E-state index contributed by atoms with van der Waals surface area (Å²) in [5.41, 5.74) is 1.78. The first kappa shape index (κ1) is 32.8. The number of benzene rings is 3. The maximum atomic E-state index is 15.4. The number of ketones is 1. The number of phenolic OH excluding ortho intramolecular Hbond substituents is 2. The summed E-state index contributed by atoms with van der Waals surface area (Å²) >= 11 is 0. The predicted octanol–water partition coefficient (Wildman–Crippen LogP) is 4.81. The molecule has 0 bridgehead atoms. The molecule has 1 amide bonds. The topological polar surface area (TPSA) is 128 Å². The van der Waals surface area contributed by atoms with Crippen LogP contribution in [0.1, 0.15) is 73.4 Å². The Balaban J connectivity index is 0.00000442. The molecule has 2 aliphatic rings. The van der Waals surface area contributed by atoms with E-state index in [2.05, 4.69) is 10.6 Å². The van der Waals surface area contributed by atoms with Crippen molar-refractivity contribution in [2.75, 3.05) is 31.1 Å². The number of amides is 1. The molecule has 2 fully saturated rings. The van der Waals surface area contributed by atoms with Gasteiger partial charge in [0.2, 0.25) is 0 Å². The van der Waals surface area contributed by atoms with Gasteiger partial charge in [-0.3, -0.25) is 9.59 Å². The summed E-state index contributed by atoms with van der Waals surface area (Å²) in [4.78, 5) is 41.3. The normalized spacial score (nSPS) is 18.2. The number of halogens is 2. The Bertz CT molecular complexity index is 1520. The number of nitrogens with zero attached hydrogens (tertiary/aromatic N) is 1. The fourth-order valence-electron chi connectivity index (χ4n) is 5.72. The van der Waals surface area contributed by atoms with E-state index in [-0.39, 0.29) is 40.9 Å². The van der Waals surface area contributed by atoms with Crippen molar-refractivity contribution in [2.24, 2.45) is 0 Å². The third-order valence-electron chi connectivity index (χ3n) is 8.14. The summed E-state index contributed by atoms with van der Waals surface area (Å²) in [5.74, 6) is -2.71. The maximum absolute atomic E-state index is 15.4. The zero-order valence-electron chi connectivity index (χ0n) is 24.7. The minimum atomic E-state index is -0.761. The van der Waals surface area contributed by atoms with Crippen molar-refractivity contribution in [1.82, 2.24) is 10.6 Å². The Kier molecular flexibility index (Phi) is 10.5. The number of esters is 1. The van der Waals surface area contributed by atoms with Gasteiger partial charge in [0.05, 0.1) is 17.3 Å². The molecule has 0 aromatic heterocycles. The molecule has 11 heteroatoms. The zero-order chi connectivity index (χ0) is 30.7. The average Bonchev–Trinajstić information content (AvgIpc) is 3.44. The molecule has 9 nitrogen and oxygen atoms in total. The minimum Gasteiger partial charge on any atom is -0.507 e. The second-order valence-electron chi connectivity index (χ2n) is 11.2. The summed E-state index contributed by atoms with van der Waals surface area (Å²) in [6.07, 6.45) is 2.53. The van der Waals surface area contributed by atoms with E-state index in [9.17, 15) is 24.6 Å². The lowest BCUT2D eigenvalue weighted by Gasteiger charge is -2.26. The number of hydrogen-bond donors (Lipinski definition) is 4. The molecule has 5 rings (SSSR count). The van der Waals surface area contributed by atoms with Crippen molar-refractivity contribution in [2.45, 2.75) is 51.7 Å². The smallest absolute Gasteiger partial charge is 0.338 e. The highest BCUT2D eigenvalue weighted by Gasteiger charge is 2.30. The predicted molar refractivity (Wildman–Crippen MR) is 167 cm³/mol. The van der Waals surface area contributed by atoms with Crippen molar-refractivity contribution in [3.8, 4) is 11.5 Å². The summed E-state index contributed by atoms with van der Waals surface area (Å²) in [5, 5.41) is 26.6. The fraction of sp³-hybridized carbons (Fsp3) is 0.364. The van der Waals surface area contributed by atoms with Crippen LogP contribution in [0.15, 0.2) is 48.5 Å². The molecule has 0 unspecified atom stereocenters. The third kappa shape index (κ3) is 6.97. The van der Waals surface area contributed by atoms with Crippen LogP contribution in [0.3, 0.4) is 0 Å². The van der Waals surface area contributed by atoms with Gasteiger partial charge in [-0.15, -0.1) is 12.4 Å². The Morgan fingerprint density at radius 2 is 1.57 bits per heavy atom. The minimum absolute atomic E-state index is 0. The van der Waals surface area contributed by atoms with E-state index in [1.807, 2.05) is 4.90 Å². The molecule has 0 saturated carbocycles. The molecule has 44 heavy (non-hydrogen) atoms. The molecule has 2 heterocycles. The zero-order valence-corrected chi connectivity index (χ0v) is 25.5. The third-order valence-corrected chi connectivity index (χ3v) is 8.14. The number of ether oxygens (including phenoxy) is 1. The number of anilines is 1. The number of aryl methyl sites for hydroxylation is 2. The van der Waals surface area contributed by atoms with Gasteiger partial charge in [0.15, 0.2) is 11.6 Å². The van der Waals surface area contributed by atoms with Crippen LogP contribution < -0.4 is 15.5 Å². The quantitative estimate of drug-likeness (QED) is 0.218. The van der Waals surface area contributed by atoms with Crippen LogP contribution in [0.5, 0.6) is 11.5 Å². The van der Waals surface area contributed by atoms with Crippen LogP contribution in [0.4, 0.5) is 10.1 Å². The van der Waals surface area contributed by atoms with Crippen LogP contribution in [0.25, 0.3) is 0 Å². The lowest BCUT2D eigenvalue weighted by atomic mass is 9.99. The molecular weight excluding hydrogens is 589 g/mol. The van der Waals surface area contributed by atoms with Gasteiger partial charge >= 0.3 is 5.97 Å². The van der Waals surface area contributed by atoms with E-state index in [0.29, 0.717) is 49.3 Å². The van der Waals surface area contributed by atoms with Gasteiger partial charge in [0.25, 0.3) is 5.91 Å². The largest absolute Gasteiger partial charge is 0.507 e. The van der Waals surface area contributed by atoms with Crippen LogP contribution in [-0.4, -0.2) is 66.2 Å². The average molecular weight is 626 g/mol. The van der Waals surface area contributed by atoms with Gasteiger partial charge < -0.3 is 30.5 Å². The molecule has 2 atom stereocenters. The first-order chi connectivity index (χ1) is 20.6. The van der Waals surface area contributed by atoms with E-state index in [1.54, 1.807) is 26.0 Å².